The van der Waals surface area contributed by atoms with Crippen molar-refractivity contribution in [3.63, 3.8) is 0 Å². The Labute approximate surface area is 152 Å². The van der Waals surface area contributed by atoms with Crippen LogP contribution in [0.3, 0.4) is 0 Å². The number of aliphatic hydroxyl groups excluding tert-OH is 1. The number of rotatable bonds is 2. The quantitative estimate of drug-likeness (QED) is 0.601. The second-order valence-corrected chi connectivity index (χ2v) is 8.64. The van der Waals surface area contributed by atoms with Crippen LogP contribution in [0, 0.1) is 11.3 Å². The summed E-state index contributed by atoms with van der Waals surface area (Å²) in [5.74, 6) is -3.77. The van der Waals surface area contributed by atoms with Gasteiger partial charge in [0.1, 0.15) is 11.5 Å². The molecule has 6 heteroatoms. The summed E-state index contributed by atoms with van der Waals surface area (Å²) >= 11 is 0. The van der Waals surface area contributed by atoms with Gasteiger partial charge in [-0.3, -0.25) is 9.59 Å². The highest BCUT2D eigenvalue weighted by Gasteiger charge is 2.64. The third-order valence-corrected chi connectivity index (χ3v) is 6.30. The van der Waals surface area contributed by atoms with E-state index in [1.807, 2.05) is 13.8 Å². The van der Waals surface area contributed by atoms with Gasteiger partial charge in [-0.25, -0.2) is 0 Å². The van der Waals surface area contributed by atoms with Crippen molar-refractivity contribution in [2.45, 2.75) is 64.4 Å². The lowest BCUT2D eigenvalue weighted by Gasteiger charge is -2.53. The van der Waals surface area contributed by atoms with Crippen LogP contribution >= 0.6 is 0 Å². The molecular weight excluding hydrogens is 336 g/mol. The molecule has 0 aliphatic heterocycles. The number of fused-ring (bicyclic) bond motifs is 3. The van der Waals surface area contributed by atoms with Gasteiger partial charge in [0.2, 0.25) is 0 Å². The molecule has 6 nitrogen and oxygen atoms in total. The highest BCUT2D eigenvalue weighted by atomic mass is 16.4. The van der Waals surface area contributed by atoms with Crippen molar-refractivity contribution in [1.29, 1.82) is 0 Å². The summed E-state index contributed by atoms with van der Waals surface area (Å²) in [6.07, 6.45) is -0.110. The van der Waals surface area contributed by atoms with E-state index < -0.39 is 40.4 Å². The van der Waals surface area contributed by atoms with Crippen LogP contribution in [0.4, 0.5) is 0 Å². The Bertz CT molecular complexity index is 794. The summed E-state index contributed by atoms with van der Waals surface area (Å²) < 4.78 is 0. The molecule has 0 spiro atoms. The van der Waals surface area contributed by atoms with Gasteiger partial charge in [-0.15, -0.1) is 0 Å². The topological polar surface area (TPSA) is 115 Å². The fourth-order valence-corrected chi connectivity index (χ4v) is 5.15. The van der Waals surface area contributed by atoms with E-state index in [9.17, 15) is 30.0 Å². The zero-order valence-corrected chi connectivity index (χ0v) is 15.5. The van der Waals surface area contributed by atoms with Crippen molar-refractivity contribution in [1.82, 2.24) is 0 Å². The maximum absolute atomic E-state index is 13.1. The van der Waals surface area contributed by atoms with Crippen LogP contribution in [0.2, 0.25) is 0 Å². The number of aromatic hydroxyl groups is 2. The summed E-state index contributed by atoms with van der Waals surface area (Å²) in [7, 11) is 0. The third kappa shape index (κ3) is 2.21. The van der Waals surface area contributed by atoms with Crippen LogP contribution in [0.1, 0.15) is 75.7 Å². The molecule has 3 rings (SSSR count). The molecule has 4 N–H and O–H groups in total. The molecule has 2 aliphatic carbocycles. The Balaban J connectivity index is 2.44. The second kappa shape index (κ2) is 5.71. The van der Waals surface area contributed by atoms with Crippen LogP contribution in [0.5, 0.6) is 11.5 Å². The number of carboxylic acids is 1. The average molecular weight is 362 g/mol. The van der Waals surface area contributed by atoms with Crippen LogP contribution in [0.15, 0.2) is 6.07 Å². The summed E-state index contributed by atoms with van der Waals surface area (Å²) in [6, 6.07) is 1.47. The number of phenols is 2. The van der Waals surface area contributed by atoms with E-state index in [4.69, 9.17) is 0 Å². The van der Waals surface area contributed by atoms with Crippen molar-refractivity contribution in [3.8, 4) is 11.5 Å². The van der Waals surface area contributed by atoms with Gasteiger partial charge in [-0.2, -0.15) is 0 Å². The summed E-state index contributed by atoms with van der Waals surface area (Å²) in [6.45, 7) is 7.25. The number of hydrogen-bond donors (Lipinski definition) is 4. The van der Waals surface area contributed by atoms with Crippen LogP contribution in [-0.2, 0) is 15.0 Å². The van der Waals surface area contributed by atoms with Crippen molar-refractivity contribution in [3.05, 3.63) is 22.8 Å². The van der Waals surface area contributed by atoms with Crippen LogP contribution < -0.4 is 0 Å². The van der Waals surface area contributed by atoms with Crippen LogP contribution in [0.25, 0.3) is 0 Å². The molecule has 1 aromatic rings. The number of benzene rings is 1. The molecule has 0 bridgehead atoms. The molecule has 1 fully saturated rings. The van der Waals surface area contributed by atoms with Gasteiger partial charge in [0.25, 0.3) is 0 Å². The maximum Gasteiger partial charge on any atom is 0.315 e. The van der Waals surface area contributed by atoms with Gasteiger partial charge in [0.15, 0.2) is 17.3 Å². The minimum Gasteiger partial charge on any atom is -0.504 e. The standard InChI is InChI=1S/C20H26O6/c1-9(2)10-8-11-12(15(23)13(10)21)20(18(25)26)7-5-6-19(3,4)17(20)16(24)14(11)22/h8-9,14,17,21-23H,5-7H2,1-4H3,(H,25,26)/t14-,17+,20-/m0/s1. The van der Waals surface area contributed by atoms with Gasteiger partial charge in [0.05, 0.1) is 0 Å². The first-order valence-electron chi connectivity index (χ1n) is 9.01. The average Bonchev–Trinajstić information content (AvgIpc) is 2.53. The number of carbonyl (C=O) groups is 2. The van der Waals surface area contributed by atoms with E-state index in [0.29, 0.717) is 18.4 Å². The van der Waals surface area contributed by atoms with Crippen molar-refractivity contribution < 1.29 is 30.0 Å². The van der Waals surface area contributed by atoms with E-state index in [1.54, 1.807) is 13.8 Å². The zero-order valence-electron chi connectivity index (χ0n) is 15.5. The molecule has 1 aromatic carbocycles. The molecule has 2 aliphatic rings. The minimum atomic E-state index is -1.65. The van der Waals surface area contributed by atoms with Gasteiger partial charge in [-0.1, -0.05) is 34.1 Å². The first-order chi connectivity index (χ1) is 12.0. The third-order valence-electron chi connectivity index (χ3n) is 6.30. The highest BCUT2D eigenvalue weighted by molar-refractivity contribution is 6.00. The van der Waals surface area contributed by atoms with Gasteiger partial charge >= 0.3 is 5.97 Å². The Morgan fingerprint density at radius 1 is 1.19 bits per heavy atom. The van der Waals surface area contributed by atoms with Crippen molar-refractivity contribution in [2.24, 2.45) is 11.3 Å². The molecule has 26 heavy (non-hydrogen) atoms. The number of Topliss-reactive ketones (excluding diaryl/α,β-unsaturated/α-hetero) is 1. The number of carbonyl (C=O) groups excluding carboxylic acids is 1. The molecule has 0 radical (unpaired) electrons. The van der Waals surface area contributed by atoms with E-state index in [1.165, 1.54) is 6.07 Å². The summed E-state index contributed by atoms with van der Waals surface area (Å²) in [4.78, 5) is 25.5. The fourth-order valence-electron chi connectivity index (χ4n) is 5.15. The molecule has 3 atom stereocenters. The molecule has 0 amide bonds. The molecular formula is C20H26O6. The predicted octanol–water partition coefficient (Wildman–Crippen LogP) is 2.99. The van der Waals surface area contributed by atoms with Gasteiger partial charge in [0, 0.05) is 17.0 Å². The maximum atomic E-state index is 13.1. The number of hydrogen-bond acceptors (Lipinski definition) is 5. The number of aliphatic carboxylic acids is 1. The lowest BCUT2D eigenvalue weighted by molar-refractivity contribution is -0.162. The summed E-state index contributed by atoms with van der Waals surface area (Å²) in [5.41, 5.74) is -1.82. The molecule has 142 valence electrons. The van der Waals surface area contributed by atoms with Gasteiger partial charge in [-0.05, 0) is 35.8 Å². The van der Waals surface area contributed by atoms with Crippen LogP contribution in [-0.4, -0.2) is 32.2 Å². The Morgan fingerprint density at radius 3 is 2.35 bits per heavy atom. The molecule has 0 saturated heterocycles. The largest absolute Gasteiger partial charge is 0.504 e. The van der Waals surface area contributed by atoms with E-state index in [-0.39, 0.29) is 29.2 Å². The highest BCUT2D eigenvalue weighted by Crippen LogP contribution is 2.61. The normalized spacial score (nSPS) is 30.0. The Kier molecular flexibility index (Phi) is 4.11. The Morgan fingerprint density at radius 2 is 1.81 bits per heavy atom. The predicted molar refractivity (Wildman–Crippen MR) is 94.3 cm³/mol. The molecule has 0 unspecified atom stereocenters. The summed E-state index contributed by atoms with van der Waals surface area (Å²) in [5, 5.41) is 42.1. The van der Waals surface area contributed by atoms with E-state index in [2.05, 4.69) is 0 Å². The number of carboxylic acid groups (broad SMARTS) is 1. The zero-order chi connectivity index (χ0) is 19.6. The monoisotopic (exact) mass is 362 g/mol. The SMILES string of the molecule is CC(C)c1cc2c(c(O)c1O)[C@@]1(C(=O)O)CCCC(C)(C)[C@H]1C(=O)[C@H]2O. The lowest BCUT2D eigenvalue weighted by atomic mass is 9.48. The molecule has 1 saturated carbocycles. The minimum absolute atomic E-state index is 0.00299. The Hall–Kier alpha value is -2.08. The van der Waals surface area contributed by atoms with Gasteiger partial charge < -0.3 is 20.4 Å². The van der Waals surface area contributed by atoms with E-state index >= 15 is 0 Å². The number of aliphatic hydroxyl groups is 1. The first-order valence-corrected chi connectivity index (χ1v) is 9.01. The second-order valence-electron chi connectivity index (χ2n) is 8.64. The smallest absolute Gasteiger partial charge is 0.315 e. The van der Waals surface area contributed by atoms with E-state index in [0.717, 1.165) is 0 Å². The number of phenolic OH excluding ortho intramolecular Hbond substituents is 2. The van der Waals surface area contributed by atoms with Crippen molar-refractivity contribution in [2.75, 3.05) is 0 Å². The molecule has 0 aromatic heterocycles. The first kappa shape index (κ1) is 18.7. The number of ketones is 1. The lowest BCUT2D eigenvalue weighted by Crippen LogP contribution is -2.59. The fraction of sp³-hybridized carbons (Fsp3) is 0.600. The van der Waals surface area contributed by atoms with Crippen molar-refractivity contribution >= 4 is 11.8 Å². The molecule has 0 heterocycles.